The van der Waals surface area contributed by atoms with E-state index in [4.69, 9.17) is 29.4 Å². The SMILES string of the molecule is CCCCOc1ccc(C2C(C#N)=C(N)Oc3cc(OC(=O)C4COc5ccccc5O4)ccc32)cc1. The Morgan fingerprint density at radius 2 is 1.81 bits per heavy atom. The molecule has 0 amide bonds. The van der Waals surface area contributed by atoms with Crippen molar-refractivity contribution in [2.75, 3.05) is 13.2 Å². The summed E-state index contributed by atoms with van der Waals surface area (Å²) in [6.07, 6.45) is 1.12. The Hall–Kier alpha value is -4.64. The maximum absolute atomic E-state index is 12.8. The molecule has 5 rings (SSSR count). The number of carbonyl (C=O) groups is 1. The van der Waals surface area contributed by atoms with E-state index in [2.05, 4.69) is 13.0 Å². The van der Waals surface area contributed by atoms with Crippen LogP contribution in [0.15, 0.2) is 78.2 Å². The van der Waals surface area contributed by atoms with Crippen molar-refractivity contribution in [2.45, 2.75) is 31.8 Å². The molecule has 188 valence electrons. The number of nitrogens with zero attached hydrogens (tertiary/aromatic N) is 1. The summed E-state index contributed by atoms with van der Waals surface area (Å²) in [5.74, 6) is 1.47. The number of carbonyl (C=O) groups excluding carboxylic acids is 1. The number of benzene rings is 3. The Morgan fingerprint density at radius 3 is 2.57 bits per heavy atom. The highest BCUT2D eigenvalue weighted by Crippen LogP contribution is 2.43. The molecule has 37 heavy (non-hydrogen) atoms. The van der Waals surface area contributed by atoms with Crippen molar-refractivity contribution < 1.29 is 28.5 Å². The number of fused-ring (bicyclic) bond motifs is 2. The molecule has 0 saturated carbocycles. The number of nitriles is 1. The van der Waals surface area contributed by atoms with Gasteiger partial charge in [-0.25, -0.2) is 4.79 Å². The van der Waals surface area contributed by atoms with E-state index in [1.54, 1.807) is 36.4 Å². The van der Waals surface area contributed by atoms with Crippen molar-refractivity contribution in [3.05, 3.63) is 89.3 Å². The predicted molar refractivity (Wildman–Crippen MR) is 135 cm³/mol. The van der Waals surface area contributed by atoms with Gasteiger partial charge >= 0.3 is 5.97 Å². The lowest BCUT2D eigenvalue weighted by Gasteiger charge is -2.27. The number of hydrogen-bond donors (Lipinski definition) is 1. The minimum Gasteiger partial charge on any atom is -0.494 e. The van der Waals surface area contributed by atoms with Crippen LogP contribution in [-0.4, -0.2) is 25.3 Å². The van der Waals surface area contributed by atoms with Crippen LogP contribution in [0.2, 0.25) is 0 Å². The summed E-state index contributed by atoms with van der Waals surface area (Å²) in [5, 5.41) is 9.82. The molecule has 0 radical (unpaired) electrons. The number of hydrogen-bond acceptors (Lipinski definition) is 8. The second kappa shape index (κ2) is 10.5. The van der Waals surface area contributed by atoms with Gasteiger partial charge in [-0.1, -0.05) is 43.7 Å². The first-order chi connectivity index (χ1) is 18.1. The van der Waals surface area contributed by atoms with Crippen LogP contribution in [-0.2, 0) is 4.79 Å². The van der Waals surface area contributed by atoms with Crippen LogP contribution in [0, 0.1) is 11.3 Å². The van der Waals surface area contributed by atoms with Crippen LogP contribution in [0.25, 0.3) is 0 Å². The first kappa shape index (κ1) is 24.1. The highest BCUT2D eigenvalue weighted by atomic mass is 16.6. The molecule has 8 heteroatoms. The summed E-state index contributed by atoms with van der Waals surface area (Å²) >= 11 is 0. The summed E-state index contributed by atoms with van der Waals surface area (Å²) in [6.45, 7) is 2.80. The number of nitrogens with two attached hydrogens (primary N) is 1. The molecular weight excluding hydrogens is 472 g/mol. The van der Waals surface area contributed by atoms with E-state index < -0.39 is 18.0 Å². The van der Waals surface area contributed by atoms with E-state index >= 15 is 0 Å². The molecule has 2 aliphatic heterocycles. The number of unbranched alkanes of at least 4 members (excludes halogenated alkanes) is 1. The Kier molecular flexibility index (Phi) is 6.86. The van der Waals surface area contributed by atoms with Crippen molar-refractivity contribution in [3.8, 4) is 34.8 Å². The molecule has 3 aromatic rings. The third kappa shape index (κ3) is 5.02. The van der Waals surface area contributed by atoms with Crippen LogP contribution in [0.5, 0.6) is 28.7 Å². The topological polar surface area (TPSA) is 113 Å². The molecule has 2 unspecified atom stereocenters. The van der Waals surface area contributed by atoms with Gasteiger partial charge < -0.3 is 29.4 Å². The molecule has 2 N–H and O–H groups in total. The molecule has 0 bridgehead atoms. The van der Waals surface area contributed by atoms with Gasteiger partial charge in [-0.3, -0.25) is 0 Å². The van der Waals surface area contributed by atoms with Gasteiger partial charge in [-0.2, -0.15) is 5.26 Å². The summed E-state index contributed by atoms with van der Waals surface area (Å²) in [5.41, 5.74) is 8.03. The molecular formula is C29H26N2O6. The number of allylic oxidation sites excluding steroid dienone is 1. The van der Waals surface area contributed by atoms with E-state index in [0.717, 1.165) is 29.7 Å². The lowest BCUT2D eigenvalue weighted by Crippen LogP contribution is -2.39. The Morgan fingerprint density at radius 1 is 1.05 bits per heavy atom. The highest BCUT2D eigenvalue weighted by Gasteiger charge is 2.32. The summed E-state index contributed by atoms with van der Waals surface area (Å²) in [4.78, 5) is 12.8. The normalized spacial score (nSPS) is 17.7. The molecule has 8 nitrogen and oxygen atoms in total. The van der Waals surface area contributed by atoms with Gasteiger partial charge in [0.1, 0.15) is 35.5 Å². The average molecular weight is 499 g/mol. The first-order valence-electron chi connectivity index (χ1n) is 12.1. The number of esters is 1. The summed E-state index contributed by atoms with van der Waals surface area (Å²) < 4.78 is 28.4. The second-order valence-electron chi connectivity index (χ2n) is 8.68. The molecule has 0 spiro atoms. The third-order valence-electron chi connectivity index (χ3n) is 6.16. The average Bonchev–Trinajstić information content (AvgIpc) is 2.92. The fraction of sp³-hybridized carbons (Fsp3) is 0.241. The molecule has 3 aromatic carbocycles. The second-order valence-corrected chi connectivity index (χ2v) is 8.68. The Bertz CT molecular complexity index is 1380. The number of ether oxygens (including phenoxy) is 5. The van der Waals surface area contributed by atoms with Gasteiger partial charge in [0.15, 0.2) is 11.5 Å². The van der Waals surface area contributed by atoms with Gasteiger partial charge in [0.2, 0.25) is 12.0 Å². The molecule has 2 atom stereocenters. The Balaban J connectivity index is 1.35. The molecule has 0 saturated heterocycles. The van der Waals surface area contributed by atoms with Crippen LogP contribution in [0.1, 0.15) is 36.8 Å². The Labute approximate surface area is 214 Å². The zero-order chi connectivity index (χ0) is 25.8. The lowest BCUT2D eigenvalue weighted by molar-refractivity contribution is -0.144. The van der Waals surface area contributed by atoms with E-state index in [9.17, 15) is 10.1 Å². The molecule has 0 fully saturated rings. The number of para-hydroxylation sites is 2. The fourth-order valence-corrected chi connectivity index (χ4v) is 4.25. The van der Waals surface area contributed by atoms with Crippen molar-refractivity contribution >= 4 is 5.97 Å². The van der Waals surface area contributed by atoms with Crippen LogP contribution in [0.3, 0.4) is 0 Å². The quantitative estimate of drug-likeness (QED) is 0.280. The van der Waals surface area contributed by atoms with Gasteiger partial charge in [0, 0.05) is 11.6 Å². The van der Waals surface area contributed by atoms with Crippen LogP contribution in [0.4, 0.5) is 0 Å². The lowest BCUT2D eigenvalue weighted by atomic mass is 9.83. The number of rotatable bonds is 7. The highest BCUT2D eigenvalue weighted by molar-refractivity contribution is 5.78. The third-order valence-corrected chi connectivity index (χ3v) is 6.16. The fourth-order valence-electron chi connectivity index (χ4n) is 4.25. The maximum atomic E-state index is 12.8. The monoisotopic (exact) mass is 498 g/mol. The van der Waals surface area contributed by atoms with Gasteiger partial charge in [-0.05, 0) is 42.3 Å². The summed E-state index contributed by atoms with van der Waals surface area (Å²) in [6, 6.07) is 21.9. The molecule has 2 aliphatic rings. The van der Waals surface area contributed by atoms with E-state index in [1.165, 1.54) is 0 Å². The van der Waals surface area contributed by atoms with Crippen molar-refractivity contribution in [1.29, 1.82) is 5.26 Å². The van der Waals surface area contributed by atoms with E-state index in [0.29, 0.717) is 29.4 Å². The van der Waals surface area contributed by atoms with Crippen LogP contribution >= 0.6 is 0 Å². The predicted octanol–water partition coefficient (Wildman–Crippen LogP) is 4.83. The zero-order valence-corrected chi connectivity index (χ0v) is 20.3. The van der Waals surface area contributed by atoms with E-state index in [1.807, 2.05) is 30.3 Å². The maximum Gasteiger partial charge on any atom is 0.356 e. The van der Waals surface area contributed by atoms with Crippen LogP contribution < -0.4 is 29.4 Å². The smallest absolute Gasteiger partial charge is 0.356 e. The zero-order valence-electron chi connectivity index (χ0n) is 20.3. The minimum absolute atomic E-state index is 0.00682. The van der Waals surface area contributed by atoms with Gasteiger partial charge in [-0.15, -0.1) is 0 Å². The first-order valence-corrected chi connectivity index (χ1v) is 12.1. The summed E-state index contributed by atoms with van der Waals surface area (Å²) in [7, 11) is 0. The molecule has 0 aliphatic carbocycles. The van der Waals surface area contributed by atoms with E-state index in [-0.39, 0.29) is 18.2 Å². The molecule has 0 aromatic heterocycles. The molecule has 2 heterocycles. The largest absolute Gasteiger partial charge is 0.494 e. The van der Waals surface area contributed by atoms with Gasteiger partial charge in [0.05, 0.1) is 12.5 Å². The van der Waals surface area contributed by atoms with Gasteiger partial charge in [0.25, 0.3) is 0 Å². The minimum atomic E-state index is -0.909. The van der Waals surface area contributed by atoms with Crippen molar-refractivity contribution in [1.82, 2.24) is 0 Å². The van der Waals surface area contributed by atoms with Crippen molar-refractivity contribution in [2.24, 2.45) is 5.73 Å². The standard InChI is InChI=1S/C29H26N2O6/c1-2-3-14-33-19-10-8-18(9-11-19)27-21-13-12-20(15-25(21)37-28(31)22(27)16-30)35-29(32)26-17-34-23-6-4-5-7-24(23)36-26/h4-13,15,26-27H,2-3,14,17,31H2,1H3. The van der Waals surface area contributed by atoms with Crippen molar-refractivity contribution in [3.63, 3.8) is 0 Å².